The van der Waals surface area contributed by atoms with Gasteiger partial charge in [0.2, 0.25) is 11.8 Å². The Bertz CT molecular complexity index is 1180. The van der Waals surface area contributed by atoms with Crippen molar-refractivity contribution < 1.29 is 28.7 Å². The Morgan fingerprint density at radius 2 is 1.55 bits per heavy atom. The maximum absolute atomic E-state index is 14.2. The summed E-state index contributed by atoms with van der Waals surface area (Å²) in [5.74, 6) is -0.965. The number of alkyl carbamates (subject to hydrolysis) is 1. The number of anilines is 1. The van der Waals surface area contributed by atoms with Crippen LogP contribution in [0.25, 0.3) is 0 Å². The molecule has 10 nitrogen and oxygen atoms in total. The van der Waals surface area contributed by atoms with Gasteiger partial charge in [0, 0.05) is 18.2 Å². The predicted molar refractivity (Wildman–Crippen MR) is 154 cm³/mol. The van der Waals surface area contributed by atoms with Gasteiger partial charge in [0.25, 0.3) is 5.91 Å². The highest BCUT2D eigenvalue weighted by molar-refractivity contribution is 5.99. The minimum absolute atomic E-state index is 0.0593. The van der Waals surface area contributed by atoms with Crippen molar-refractivity contribution >= 4 is 29.5 Å². The lowest BCUT2D eigenvalue weighted by molar-refractivity contribution is -0.143. The molecule has 10 heteroatoms. The zero-order chi connectivity index (χ0) is 30.2. The van der Waals surface area contributed by atoms with Crippen molar-refractivity contribution in [3.63, 3.8) is 0 Å². The Morgan fingerprint density at radius 1 is 0.975 bits per heavy atom. The topological polar surface area (TPSA) is 140 Å². The molecule has 0 saturated carbocycles. The average Bonchev–Trinajstić information content (AvgIpc) is 2.84. The fourth-order valence-electron chi connectivity index (χ4n) is 4.39. The van der Waals surface area contributed by atoms with Gasteiger partial charge in [0.15, 0.2) is 0 Å². The number of primary amides is 1. The normalized spacial score (nSPS) is 12.7. The standard InChI is InChI=1S/C30H42N4O6/c1-18(2)34(28(37)23(16-17-24(31)35)33-29(38)40-30(5,6)7)26(25-19(3)10-9-11-20(25)4)27(36)32-21-12-14-22(39-8)15-13-21/h9-15,18,23,26H,16-17H2,1-8H3,(H2,31,35)(H,32,36)(H,33,38). The van der Waals surface area contributed by atoms with Crippen molar-refractivity contribution in [2.24, 2.45) is 5.73 Å². The highest BCUT2D eigenvalue weighted by Gasteiger charge is 2.39. The molecule has 2 aromatic carbocycles. The molecule has 0 aliphatic carbocycles. The van der Waals surface area contributed by atoms with Crippen molar-refractivity contribution in [1.82, 2.24) is 10.2 Å². The number of aryl methyl sites for hydroxylation is 2. The summed E-state index contributed by atoms with van der Waals surface area (Å²) >= 11 is 0. The molecule has 0 aliphatic rings. The quantitative estimate of drug-likeness (QED) is 0.376. The van der Waals surface area contributed by atoms with Gasteiger partial charge in [-0.25, -0.2) is 4.79 Å². The summed E-state index contributed by atoms with van der Waals surface area (Å²) in [5, 5.41) is 5.52. The largest absolute Gasteiger partial charge is 0.497 e. The van der Waals surface area contributed by atoms with E-state index < -0.39 is 47.5 Å². The molecule has 0 fully saturated rings. The van der Waals surface area contributed by atoms with Crippen LogP contribution >= 0.6 is 0 Å². The Hall–Kier alpha value is -4.08. The third kappa shape index (κ3) is 9.00. The number of rotatable bonds is 11. The van der Waals surface area contributed by atoms with Gasteiger partial charge >= 0.3 is 6.09 Å². The summed E-state index contributed by atoms with van der Waals surface area (Å²) in [6.45, 7) is 12.4. The number of amides is 4. The first-order valence-corrected chi connectivity index (χ1v) is 13.3. The summed E-state index contributed by atoms with van der Waals surface area (Å²) in [4.78, 5) is 53.9. The van der Waals surface area contributed by atoms with E-state index in [4.69, 9.17) is 15.2 Å². The number of benzene rings is 2. The second-order valence-corrected chi connectivity index (χ2v) is 11.0. The number of hydrogen-bond acceptors (Lipinski definition) is 6. The maximum Gasteiger partial charge on any atom is 0.408 e. The summed E-state index contributed by atoms with van der Waals surface area (Å²) in [7, 11) is 1.55. The molecule has 0 saturated heterocycles. The number of ether oxygens (including phenoxy) is 2. The van der Waals surface area contributed by atoms with Gasteiger partial charge in [0.1, 0.15) is 23.4 Å². The summed E-state index contributed by atoms with van der Waals surface area (Å²) in [5.41, 5.74) is 7.40. The molecule has 4 N–H and O–H groups in total. The van der Waals surface area contributed by atoms with Crippen LogP contribution in [0.15, 0.2) is 42.5 Å². The van der Waals surface area contributed by atoms with Crippen LogP contribution in [0.5, 0.6) is 5.75 Å². The first kappa shape index (κ1) is 32.1. The fraction of sp³-hybridized carbons (Fsp3) is 0.467. The van der Waals surface area contributed by atoms with Crippen molar-refractivity contribution in [3.8, 4) is 5.75 Å². The van der Waals surface area contributed by atoms with Gasteiger partial charge in [0.05, 0.1) is 7.11 Å². The van der Waals surface area contributed by atoms with E-state index in [1.807, 2.05) is 32.0 Å². The molecule has 2 unspecified atom stereocenters. The first-order chi connectivity index (χ1) is 18.6. The molecule has 0 aromatic heterocycles. The molecule has 4 amide bonds. The van der Waals surface area contributed by atoms with Gasteiger partial charge in [-0.15, -0.1) is 0 Å². The fourth-order valence-corrected chi connectivity index (χ4v) is 4.39. The van der Waals surface area contributed by atoms with Gasteiger partial charge in [-0.2, -0.15) is 0 Å². The second-order valence-electron chi connectivity index (χ2n) is 11.0. The van der Waals surface area contributed by atoms with E-state index in [-0.39, 0.29) is 12.8 Å². The minimum Gasteiger partial charge on any atom is -0.497 e. The van der Waals surface area contributed by atoms with Crippen LogP contribution in [0.3, 0.4) is 0 Å². The van der Waals surface area contributed by atoms with Gasteiger partial charge in [-0.05, 0) is 95.8 Å². The molecule has 0 spiro atoms. The summed E-state index contributed by atoms with van der Waals surface area (Å²) in [6, 6.07) is 9.82. The molecule has 2 aromatic rings. The summed E-state index contributed by atoms with van der Waals surface area (Å²) in [6.07, 6.45) is -1.02. The molecule has 0 heterocycles. The number of carbonyl (C=O) groups is 4. The van der Waals surface area contributed by atoms with Crippen LogP contribution in [0, 0.1) is 13.8 Å². The van der Waals surface area contributed by atoms with Crippen LogP contribution in [-0.4, -0.2) is 53.5 Å². The third-order valence-electron chi connectivity index (χ3n) is 6.18. The van der Waals surface area contributed by atoms with E-state index in [1.54, 1.807) is 66.0 Å². The van der Waals surface area contributed by atoms with Crippen LogP contribution < -0.4 is 21.1 Å². The predicted octanol–water partition coefficient (Wildman–Crippen LogP) is 4.39. The SMILES string of the molecule is COc1ccc(NC(=O)C(c2c(C)cccc2C)N(C(=O)C(CCC(N)=O)NC(=O)OC(C)(C)C)C(C)C)cc1. The molecule has 218 valence electrons. The molecule has 40 heavy (non-hydrogen) atoms. The molecule has 0 radical (unpaired) electrons. The third-order valence-corrected chi connectivity index (χ3v) is 6.18. The van der Waals surface area contributed by atoms with E-state index in [0.717, 1.165) is 11.1 Å². The Labute approximate surface area is 236 Å². The van der Waals surface area contributed by atoms with Gasteiger partial charge < -0.3 is 30.7 Å². The number of carbonyl (C=O) groups excluding carboxylic acids is 4. The van der Waals surface area contributed by atoms with Crippen molar-refractivity contribution in [2.75, 3.05) is 12.4 Å². The Morgan fingerprint density at radius 3 is 2.02 bits per heavy atom. The number of nitrogens with zero attached hydrogens (tertiary/aromatic N) is 1. The Kier molecular flexibility index (Phi) is 11.1. The highest BCUT2D eigenvalue weighted by Crippen LogP contribution is 2.31. The molecular formula is C30H42N4O6. The maximum atomic E-state index is 14.2. The lowest BCUT2D eigenvalue weighted by atomic mass is 9.92. The molecule has 0 bridgehead atoms. The number of nitrogens with one attached hydrogen (secondary N) is 2. The zero-order valence-electron chi connectivity index (χ0n) is 24.7. The second kappa shape index (κ2) is 13.8. The van der Waals surface area contributed by atoms with Crippen LogP contribution in [0.2, 0.25) is 0 Å². The molecular weight excluding hydrogens is 512 g/mol. The zero-order valence-corrected chi connectivity index (χ0v) is 24.7. The minimum atomic E-state index is -1.16. The monoisotopic (exact) mass is 554 g/mol. The van der Waals surface area contributed by atoms with Crippen molar-refractivity contribution in [3.05, 3.63) is 59.2 Å². The van der Waals surface area contributed by atoms with Crippen LogP contribution in [0.4, 0.5) is 10.5 Å². The van der Waals surface area contributed by atoms with Gasteiger partial charge in [-0.1, -0.05) is 18.2 Å². The van der Waals surface area contributed by atoms with E-state index in [2.05, 4.69) is 10.6 Å². The molecule has 0 aliphatic heterocycles. The van der Waals surface area contributed by atoms with E-state index in [9.17, 15) is 19.2 Å². The van der Waals surface area contributed by atoms with E-state index in [0.29, 0.717) is 17.0 Å². The lowest BCUT2D eigenvalue weighted by Gasteiger charge is -2.38. The van der Waals surface area contributed by atoms with Crippen molar-refractivity contribution in [2.45, 2.75) is 85.0 Å². The Balaban J connectivity index is 2.58. The average molecular weight is 555 g/mol. The molecule has 2 rings (SSSR count). The first-order valence-electron chi connectivity index (χ1n) is 13.3. The number of nitrogens with two attached hydrogens (primary N) is 1. The van der Waals surface area contributed by atoms with Crippen LogP contribution in [0.1, 0.15) is 70.2 Å². The van der Waals surface area contributed by atoms with Crippen molar-refractivity contribution in [1.29, 1.82) is 0 Å². The smallest absolute Gasteiger partial charge is 0.408 e. The van der Waals surface area contributed by atoms with E-state index >= 15 is 0 Å². The number of hydrogen-bond donors (Lipinski definition) is 3. The van der Waals surface area contributed by atoms with E-state index in [1.165, 1.54) is 4.90 Å². The summed E-state index contributed by atoms with van der Waals surface area (Å²) < 4.78 is 10.6. The lowest BCUT2D eigenvalue weighted by Crippen LogP contribution is -2.54. The van der Waals surface area contributed by atoms with Crippen LogP contribution in [-0.2, 0) is 19.1 Å². The van der Waals surface area contributed by atoms with Gasteiger partial charge in [-0.3, -0.25) is 14.4 Å². The molecule has 2 atom stereocenters. The number of methoxy groups -OCH3 is 1. The highest BCUT2D eigenvalue weighted by atomic mass is 16.6.